The number of aliphatic carboxylic acids is 1. The predicted molar refractivity (Wildman–Crippen MR) is 158 cm³/mol. The van der Waals surface area contributed by atoms with Gasteiger partial charge in [0, 0.05) is 47.5 Å². The van der Waals surface area contributed by atoms with Crippen LogP contribution in [-0.2, 0) is 35.9 Å². The van der Waals surface area contributed by atoms with Gasteiger partial charge in [-0.3, -0.25) is 9.35 Å². The van der Waals surface area contributed by atoms with Crippen LogP contribution < -0.4 is 4.90 Å². The standard InChI is InChI=1S/C30H36N2O8S2/c1-29(2)22-18-20(41(35,36)37)13-15-24(22)31(5)26(29)10-9-11-27-30(3,4)23-19-21(42(38,39)40)14-16-25(23)32(27)17-8-6-7-12-28(33)34/h9-11,13-16,18-19H,6-8,12,17H2,1-5H3,(H2-,33,34,35,36,37,38,39,40). The second-order valence-corrected chi connectivity index (χ2v) is 14.5. The fourth-order valence-corrected chi connectivity index (χ4v) is 6.98. The summed E-state index contributed by atoms with van der Waals surface area (Å²) in [7, 11) is -7.13. The first-order chi connectivity index (χ1) is 19.4. The van der Waals surface area contributed by atoms with E-state index in [-0.39, 0.29) is 16.2 Å². The average Bonchev–Trinajstić information content (AvgIpc) is 3.21. The molecule has 0 aromatic heterocycles. The second kappa shape index (κ2) is 11.1. The number of carboxylic acid groups (broad SMARTS) is 1. The molecular formula is C30H36N2O8S2. The molecule has 2 heterocycles. The van der Waals surface area contributed by atoms with E-state index in [2.05, 4.69) is 4.90 Å². The van der Waals surface area contributed by atoms with Crippen LogP contribution in [0.25, 0.3) is 0 Å². The fraction of sp³-hybridized carbons (Fsp3) is 0.400. The molecule has 2 N–H and O–H groups in total. The number of benzene rings is 2. The highest BCUT2D eigenvalue weighted by Gasteiger charge is 2.44. The first-order valence-corrected chi connectivity index (χ1v) is 16.4. The van der Waals surface area contributed by atoms with E-state index in [4.69, 9.17) is 5.11 Å². The van der Waals surface area contributed by atoms with Gasteiger partial charge in [-0.15, -0.1) is 0 Å². The molecule has 0 unspecified atom stereocenters. The number of fused-ring (bicyclic) bond motifs is 2. The van der Waals surface area contributed by atoms with Crippen molar-refractivity contribution in [2.75, 3.05) is 18.5 Å². The molecule has 0 bridgehead atoms. The van der Waals surface area contributed by atoms with Crippen molar-refractivity contribution in [3.8, 4) is 0 Å². The molecule has 2 aliphatic heterocycles. The topological polar surface area (TPSA) is 155 Å². The minimum Gasteiger partial charge on any atom is -0.744 e. The number of allylic oxidation sites excluding steroid dienone is 4. The summed E-state index contributed by atoms with van der Waals surface area (Å²) in [5, 5.41) is 8.96. The van der Waals surface area contributed by atoms with E-state index in [1.54, 1.807) is 12.1 Å². The van der Waals surface area contributed by atoms with Crippen molar-refractivity contribution in [1.29, 1.82) is 0 Å². The maximum absolute atomic E-state index is 11.9. The summed E-state index contributed by atoms with van der Waals surface area (Å²) in [6, 6.07) is 8.94. The van der Waals surface area contributed by atoms with Crippen molar-refractivity contribution in [2.45, 2.75) is 74.0 Å². The number of carbonyl (C=O) groups is 1. The van der Waals surface area contributed by atoms with Gasteiger partial charge in [0.1, 0.15) is 17.2 Å². The van der Waals surface area contributed by atoms with E-state index in [9.17, 15) is 30.7 Å². The lowest BCUT2D eigenvalue weighted by atomic mass is 9.81. The Balaban J connectivity index is 1.71. The van der Waals surface area contributed by atoms with E-state index in [0.29, 0.717) is 19.4 Å². The Morgan fingerprint density at radius 3 is 2.21 bits per heavy atom. The normalized spacial score (nSPS) is 18.6. The van der Waals surface area contributed by atoms with Gasteiger partial charge < -0.3 is 14.6 Å². The molecule has 0 aliphatic carbocycles. The van der Waals surface area contributed by atoms with Crippen LogP contribution in [0.15, 0.2) is 70.1 Å². The van der Waals surface area contributed by atoms with E-state index >= 15 is 0 Å². The summed E-state index contributed by atoms with van der Waals surface area (Å²) in [6.07, 6.45) is 7.87. The largest absolute Gasteiger partial charge is 0.744 e. The van der Waals surface area contributed by atoms with Crippen LogP contribution in [0.2, 0.25) is 0 Å². The molecule has 0 atom stereocenters. The zero-order chi connectivity index (χ0) is 31.3. The molecule has 10 nitrogen and oxygen atoms in total. The summed E-state index contributed by atoms with van der Waals surface area (Å²) < 4.78 is 70.4. The molecule has 0 saturated heterocycles. The third kappa shape index (κ3) is 5.94. The summed E-state index contributed by atoms with van der Waals surface area (Å²) in [4.78, 5) is 12.6. The van der Waals surface area contributed by atoms with E-state index in [0.717, 1.165) is 40.3 Å². The quantitative estimate of drug-likeness (QED) is 0.219. The molecule has 0 saturated carbocycles. The van der Waals surface area contributed by atoms with Crippen molar-refractivity contribution >= 4 is 43.3 Å². The van der Waals surface area contributed by atoms with Gasteiger partial charge in [-0.05, 0) is 68.7 Å². The number of nitrogens with zero attached hydrogens (tertiary/aromatic N) is 2. The minimum atomic E-state index is -4.60. The highest BCUT2D eigenvalue weighted by molar-refractivity contribution is 7.86. The smallest absolute Gasteiger partial charge is 0.303 e. The number of hydrogen-bond acceptors (Lipinski definition) is 7. The van der Waals surface area contributed by atoms with Crippen molar-refractivity contribution in [2.24, 2.45) is 0 Å². The first-order valence-electron chi connectivity index (χ1n) is 13.6. The summed E-state index contributed by atoms with van der Waals surface area (Å²) >= 11 is 0. The number of anilines is 1. The van der Waals surface area contributed by atoms with Crippen molar-refractivity contribution in [3.63, 3.8) is 0 Å². The Hall–Kier alpha value is -3.32. The SMILES string of the molecule is C[N+]1=C(/C=C/C=C2/N(CCCCCC(=O)O)c3ccc(S(=O)(=O)O)cc3C2(C)C)C(C)(C)c2cc(S(=O)(=O)[O-])ccc21. The van der Waals surface area contributed by atoms with Crippen LogP contribution in [0.1, 0.15) is 64.5 Å². The minimum absolute atomic E-state index is 0.0950. The number of carboxylic acids is 1. The number of hydrogen-bond donors (Lipinski definition) is 2. The molecule has 0 fully saturated rings. The molecule has 0 radical (unpaired) electrons. The van der Waals surface area contributed by atoms with Crippen LogP contribution in [-0.4, -0.2) is 60.9 Å². The molecule has 12 heteroatoms. The Bertz CT molecular complexity index is 1750. The van der Waals surface area contributed by atoms with Gasteiger partial charge in [-0.25, -0.2) is 8.42 Å². The number of rotatable bonds is 10. The molecular weight excluding hydrogens is 580 g/mol. The Kier molecular flexibility index (Phi) is 8.33. The van der Waals surface area contributed by atoms with Crippen molar-refractivity contribution in [1.82, 2.24) is 0 Å². The van der Waals surface area contributed by atoms with Gasteiger partial charge in [0.2, 0.25) is 5.69 Å². The van der Waals surface area contributed by atoms with Crippen LogP contribution >= 0.6 is 0 Å². The van der Waals surface area contributed by atoms with Crippen molar-refractivity contribution < 1.29 is 40.4 Å². The van der Waals surface area contributed by atoms with Gasteiger partial charge >= 0.3 is 5.97 Å². The van der Waals surface area contributed by atoms with Crippen LogP contribution in [0.4, 0.5) is 11.4 Å². The Labute approximate surface area is 247 Å². The van der Waals surface area contributed by atoms with Gasteiger partial charge in [0.05, 0.1) is 15.2 Å². The van der Waals surface area contributed by atoms with Gasteiger partial charge in [0.25, 0.3) is 10.1 Å². The molecule has 2 aliphatic rings. The monoisotopic (exact) mass is 616 g/mol. The summed E-state index contributed by atoms with van der Waals surface area (Å²) in [5.74, 6) is -0.837. The summed E-state index contributed by atoms with van der Waals surface area (Å²) in [5.41, 5.74) is 3.65. The highest BCUT2D eigenvalue weighted by Crippen LogP contribution is 2.48. The van der Waals surface area contributed by atoms with Crippen molar-refractivity contribution in [3.05, 3.63) is 71.5 Å². The second-order valence-electron chi connectivity index (χ2n) is 11.7. The lowest BCUT2D eigenvalue weighted by Gasteiger charge is -2.27. The molecule has 226 valence electrons. The third-order valence-electron chi connectivity index (χ3n) is 8.23. The lowest BCUT2D eigenvalue weighted by Crippen LogP contribution is -2.27. The van der Waals surface area contributed by atoms with Gasteiger partial charge in [0.15, 0.2) is 5.71 Å². The maximum Gasteiger partial charge on any atom is 0.303 e. The van der Waals surface area contributed by atoms with Gasteiger partial charge in [-0.1, -0.05) is 26.3 Å². The van der Waals surface area contributed by atoms with Crippen LogP contribution in [0, 0.1) is 0 Å². The van der Waals surface area contributed by atoms with Crippen LogP contribution in [0.5, 0.6) is 0 Å². The molecule has 42 heavy (non-hydrogen) atoms. The fourth-order valence-electron chi connectivity index (χ4n) is 5.98. The van der Waals surface area contributed by atoms with E-state index in [1.807, 2.05) is 57.5 Å². The lowest BCUT2D eigenvalue weighted by molar-refractivity contribution is -0.401. The Morgan fingerprint density at radius 2 is 1.60 bits per heavy atom. The van der Waals surface area contributed by atoms with E-state index in [1.165, 1.54) is 24.3 Å². The molecule has 2 aromatic carbocycles. The van der Waals surface area contributed by atoms with Gasteiger partial charge in [-0.2, -0.15) is 13.0 Å². The Morgan fingerprint density at radius 1 is 0.952 bits per heavy atom. The number of unbranched alkanes of at least 4 members (excludes halogenated alkanes) is 2. The highest BCUT2D eigenvalue weighted by atomic mass is 32.2. The zero-order valence-electron chi connectivity index (χ0n) is 24.3. The molecule has 4 rings (SSSR count). The first kappa shape index (κ1) is 31.6. The zero-order valence-corrected chi connectivity index (χ0v) is 25.9. The summed E-state index contributed by atoms with van der Waals surface area (Å²) in [6.45, 7) is 8.45. The molecule has 2 aromatic rings. The predicted octanol–water partition coefficient (Wildman–Crippen LogP) is 4.73. The maximum atomic E-state index is 11.9. The van der Waals surface area contributed by atoms with E-state index < -0.39 is 37.0 Å². The molecule has 0 spiro atoms. The van der Waals surface area contributed by atoms with Crippen LogP contribution in [0.3, 0.4) is 0 Å². The molecule has 0 amide bonds. The third-order valence-corrected chi connectivity index (χ3v) is 9.92. The average molecular weight is 617 g/mol.